The second kappa shape index (κ2) is 10.8. The fourth-order valence-corrected chi connectivity index (χ4v) is 2.26. The second-order valence-electron chi connectivity index (χ2n) is 6.61. The Balaban J connectivity index is 1.80. The lowest BCUT2D eigenvalue weighted by Gasteiger charge is -2.09. The van der Waals surface area contributed by atoms with Gasteiger partial charge in [-0.2, -0.15) is 0 Å². The minimum absolute atomic E-state index is 0.406. The van der Waals surface area contributed by atoms with Crippen molar-refractivity contribution in [2.45, 2.75) is 20.3 Å². The van der Waals surface area contributed by atoms with E-state index in [2.05, 4.69) is 24.7 Å². The number of nitrogens with one attached hydrogen (secondary N) is 2. The van der Waals surface area contributed by atoms with Crippen LogP contribution in [0.4, 0.5) is 0 Å². The van der Waals surface area contributed by atoms with Crippen molar-refractivity contribution in [3.05, 3.63) is 65.7 Å². The normalized spacial score (nSPS) is 10.7. The molecule has 0 atom stereocenters. The fraction of sp³-hybridized carbons (Fsp3) is 0.273. The Morgan fingerprint density at radius 2 is 1.79 bits per heavy atom. The third kappa shape index (κ3) is 7.15. The maximum Gasteiger partial charge on any atom is 0.269 e. The number of rotatable bonds is 8. The van der Waals surface area contributed by atoms with Gasteiger partial charge in [-0.25, -0.2) is 0 Å². The molecule has 0 aliphatic heterocycles. The topological polar surface area (TPSA) is 76.7 Å². The largest absolute Gasteiger partial charge is 0.497 e. The van der Waals surface area contributed by atoms with E-state index in [-0.39, 0.29) is 0 Å². The molecule has 28 heavy (non-hydrogen) atoms. The first kappa shape index (κ1) is 21.0. The Hall–Kier alpha value is -3.28. The Morgan fingerprint density at radius 1 is 1.04 bits per heavy atom. The van der Waals surface area contributed by atoms with E-state index in [1.54, 1.807) is 43.5 Å². The van der Waals surface area contributed by atoms with Gasteiger partial charge >= 0.3 is 0 Å². The Morgan fingerprint density at radius 3 is 2.46 bits per heavy atom. The Kier molecular flexibility index (Phi) is 8.09. The second-order valence-corrected chi connectivity index (χ2v) is 6.61. The van der Waals surface area contributed by atoms with E-state index < -0.39 is 11.8 Å². The lowest BCUT2D eigenvalue weighted by Crippen LogP contribution is -2.40. The summed E-state index contributed by atoms with van der Waals surface area (Å²) in [6.45, 7) is 4.91. The van der Waals surface area contributed by atoms with Crippen molar-refractivity contribution in [3.8, 4) is 11.5 Å². The maximum absolute atomic E-state index is 12.1. The van der Waals surface area contributed by atoms with Gasteiger partial charge in [0.25, 0.3) is 11.8 Å². The van der Waals surface area contributed by atoms with Crippen LogP contribution in [0.3, 0.4) is 0 Å². The van der Waals surface area contributed by atoms with Gasteiger partial charge in [-0.1, -0.05) is 26.0 Å². The van der Waals surface area contributed by atoms with E-state index in [4.69, 9.17) is 9.47 Å². The summed E-state index contributed by atoms with van der Waals surface area (Å²) in [6.07, 6.45) is 3.94. The Bertz CT molecular complexity index is 814. The smallest absolute Gasteiger partial charge is 0.269 e. The molecule has 0 saturated carbocycles. The van der Waals surface area contributed by atoms with E-state index in [1.165, 1.54) is 6.08 Å². The molecule has 0 bridgehead atoms. The molecule has 2 aromatic rings. The van der Waals surface area contributed by atoms with Crippen molar-refractivity contribution in [1.82, 2.24) is 10.9 Å². The van der Waals surface area contributed by atoms with Crippen LogP contribution in [0, 0.1) is 5.92 Å². The molecule has 2 amide bonds. The first-order chi connectivity index (χ1) is 13.5. The summed E-state index contributed by atoms with van der Waals surface area (Å²) in [4.78, 5) is 24.0. The number of methoxy groups -OCH3 is 1. The van der Waals surface area contributed by atoms with Crippen molar-refractivity contribution in [2.75, 3.05) is 13.7 Å². The summed E-state index contributed by atoms with van der Waals surface area (Å²) in [5, 5.41) is 0. The van der Waals surface area contributed by atoms with Gasteiger partial charge in [-0.15, -0.1) is 0 Å². The molecule has 0 aromatic heterocycles. The lowest BCUT2D eigenvalue weighted by atomic mass is 10.1. The summed E-state index contributed by atoms with van der Waals surface area (Å²) >= 11 is 0. The van der Waals surface area contributed by atoms with Crippen LogP contribution in [0.25, 0.3) is 6.08 Å². The van der Waals surface area contributed by atoms with Gasteiger partial charge < -0.3 is 9.47 Å². The standard InChI is InChI=1S/C22H26N2O4/c1-16(2)13-14-28-19-10-8-18(9-11-19)22(26)24-23-21(25)12-7-17-5-4-6-20(15-17)27-3/h4-12,15-16H,13-14H2,1-3H3,(H,23,25)(H,24,26)/b12-7+. The predicted molar refractivity (Wildman–Crippen MR) is 109 cm³/mol. The highest BCUT2D eigenvalue weighted by atomic mass is 16.5. The summed E-state index contributed by atoms with van der Waals surface area (Å²) in [5.41, 5.74) is 5.97. The van der Waals surface area contributed by atoms with Crippen LogP contribution in [0.1, 0.15) is 36.2 Å². The maximum atomic E-state index is 12.1. The molecule has 6 heteroatoms. The van der Waals surface area contributed by atoms with Crippen LogP contribution in [0.15, 0.2) is 54.6 Å². The number of hydrazine groups is 1. The van der Waals surface area contributed by atoms with E-state index in [0.29, 0.717) is 29.6 Å². The molecule has 2 N–H and O–H groups in total. The van der Waals surface area contributed by atoms with Gasteiger partial charge in [0.2, 0.25) is 0 Å². The molecule has 2 rings (SSSR count). The third-order valence-corrected chi connectivity index (χ3v) is 3.90. The molecule has 0 heterocycles. The number of amides is 2. The number of carbonyl (C=O) groups is 2. The fourth-order valence-electron chi connectivity index (χ4n) is 2.26. The van der Waals surface area contributed by atoms with Crippen LogP contribution < -0.4 is 20.3 Å². The molecular weight excluding hydrogens is 356 g/mol. The number of carbonyl (C=O) groups excluding carboxylic acids is 2. The molecule has 0 unspecified atom stereocenters. The molecule has 148 valence electrons. The van der Waals surface area contributed by atoms with E-state index >= 15 is 0 Å². The molecule has 0 aliphatic carbocycles. The summed E-state index contributed by atoms with van der Waals surface area (Å²) in [5.74, 6) is 1.14. The van der Waals surface area contributed by atoms with Crippen molar-refractivity contribution < 1.29 is 19.1 Å². The molecule has 6 nitrogen and oxygen atoms in total. The molecule has 0 spiro atoms. The highest BCUT2D eigenvalue weighted by molar-refractivity contribution is 5.98. The first-order valence-corrected chi connectivity index (χ1v) is 9.13. The zero-order valence-corrected chi connectivity index (χ0v) is 16.4. The van der Waals surface area contributed by atoms with E-state index in [9.17, 15) is 9.59 Å². The van der Waals surface area contributed by atoms with E-state index in [0.717, 1.165) is 12.0 Å². The predicted octanol–water partition coefficient (Wildman–Crippen LogP) is 3.59. The van der Waals surface area contributed by atoms with Gasteiger partial charge in [0.05, 0.1) is 13.7 Å². The summed E-state index contributed by atoms with van der Waals surface area (Å²) < 4.78 is 10.8. The molecule has 2 aromatic carbocycles. The van der Waals surface area contributed by atoms with Gasteiger partial charge in [-0.05, 0) is 60.4 Å². The monoisotopic (exact) mass is 382 g/mol. The average molecular weight is 382 g/mol. The van der Waals surface area contributed by atoms with Crippen molar-refractivity contribution in [2.24, 2.45) is 5.92 Å². The van der Waals surface area contributed by atoms with Crippen molar-refractivity contribution in [3.63, 3.8) is 0 Å². The van der Waals surface area contributed by atoms with Gasteiger partial charge in [0, 0.05) is 11.6 Å². The van der Waals surface area contributed by atoms with Crippen LogP contribution in [-0.2, 0) is 4.79 Å². The van der Waals surface area contributed by atoms with Gasteiger partial charge in [0.15, 0.2) is 0 Å². The Labute approximate surface area is 165 Å². The number of benzene rings is 2. The average Bonchev–Trinajstić information content (AvgIpc) is 2.71. The third-order valence-electron chi connectivity index (χ3n) is 3.90. The zero-order valence-electron chi connectivity index (χ0n) is 16.4. The summed E-state index contributed by atoms with van der Waals surface area (Å²) in [7, 11) is 1.58. The molecular formula is C22H26N2O4. The van der Waals surface area contributed by atoms with Crippen LogP contribution in [-0.4, -0.2) is 25.5 Å². The number of hydrogen-bond acceptors (Lipinski definition) is 4. The zero-order chi connectivity index (χ0) is 20.4. The van der Waals surface area contributed by atoms with Crippen LogP contribution in [0.5, 0.6) is 11.5 Å². The van der Waals surface area contributed by atoms with Gasteiger partial charge in [-0.3, -0.25) is 20.4 Å². The first-order valence-electron chi connectivity index (χ1n) is 9.13. The molecule has 0 aliphatic rings. The lowest BCUT2D eigenvalue weighted by molar-refractivity contribution is -0.117. The highest BCUT2D eigenvalue weighted by Gasteiger charge is 2.06. The van der Waals surface area contributed by atoms with Crippen molar-refractivity contribution in [1.29, 1.82) is 0 Å². The summed E-state index contributed by atoms with van der Waals surface area (Å²) in [6, 6.07) is 14.1. The quantitative estimate of drug-likeness (QED) is 0.540. The number of ether oxygens (including phenoxy) is 2. The van der Waals surface area contributed by atoms with Crippen molar-refractivity contribution >= 4 is 17.9 Å². The molecule has 0 fully saturated rings. The number of hydrogen-bond donors (Lipinski definition) is 2. The SMILES string of the molecule is COc1cccc(/C=C/C(=O)NNC(=O)c2ccc(OCCC(C)C)cc2)c1. The van der Waals surface area contributed by atoms with Gasteiger partial charge in [0.1, 0.15) is 11.5 Å². The van der Waals surface area contributed by atoms with E-state index in [1.807, 2.05) is 18.2 Å². The van der Waals surface area contributed by atoms with Crippen LogP contribution >= 0.6 is 0 Å². The minimum Gasteiger partial charge on any atom is -0.497 e. The highest BCUT2D eigenvalue weighted by Crippen LogP contribution is 2.14. The molecule has 0 saturated heterocycles. The van der Waals surface area contributed by atoms with Crippen LogP contribution in [0.2, 0.25) is 0 Å². The molecule has 0 radical (unpaired) electrons. The minimum atomic E-state index is -0.440.